The maximum atomic E-state index is 11.9. The standard InChI is InChI=1S/C21H17Cl2N5O3/c22-14-5-7-15(8-6-14)31-13-19(29)24-11-12-30-20-10-9-18-25-26-21(28(18)27-20)16-3-1-2-4-17(16)23/h1-10H,11-13H2,(H,24,29). The summed E-state index contributed by atoms with van der Waals surface area (Å²) in [7, 11) is 0. The molecule has 0 saturated carbocycles. The van der Waals surface area contributed by atoms with Crippen LogP contribution in [-0.4, -0.2) is 45.5 Å². The van der Waals surface area contributed by atoms with Crippen LogP contribution in [0, 0.1) is 0 Å². The molecule has 0 aliphatic carbocycles. The Bertz CT molecular complexity index is 1200. The summed E-state index contributed by atoms with van der Waals surface area (Å²) in [6.07, 6.45) is 0. The first kappa shape index (κ1) is 20.9. The van der Waals surface area contributed by atoms with Crippen LogP contribution >= 0.6 is 23.2 Å². The first-order valence-corrected chi connectivity index (χ1v) is 10.1. The van der Waals surface area contributed by atoms with Gasteiger partial charge in [0.2, 0.25) is 5.88 Å². The summed E-state index contributed by atoms with van der Waals surface area (Å²) in [6.45, 7) is 0.421. The van der Waals surface area contributed by atoms with Crippen molar-refractivity contribution in [2.45, 2.75) is 0 Å². The number of hydrogen-bond acceptors (Lipinski definition) is 6. The molecule has 158 valence electrons. The van der Waals surface area contributed by atoms with Gasteiger partial charge in [-0.3, -0.25) is 4.79 Å². The fraction of sp³-hybridized carbons (Fsp3) is 0.143. The second-order valence-corrected chi connectivity index (χ2v) is 7.23. The van der Waals surface area contributed by atoms with Gasteiger partial charge in [-0.25, -0.2) is 0 Å². The molecule has 1 amide bonds. The van der Waals surface area contributed by atoms with Gasteiger partial charge in [0.25, 0.3) is 5.91 Å². The van der Waals surface area contributed by atoms with Crippen LogP contribution in [0.5, 0.6) is 11.6 Å². The number of rotatable bonds is 8. The first-order chi connectivity index (χ1) is 15.1. The molecule has 2 aromatic carbocycles. The van der Waals surface area contributed by atoms with Gasteiger partial charge >= 0.3 is 0 Å². The molecule has 0 aliphatic heterocycles. The number of amides is 1. The molecule has 2 aromatic heterocycles. The Morgan fingerprint density at radius 3 is 2.58 bits per heavy atom. The number of halogens is 2. The predicted molar refractivity (Wildman–Crippen MR) is 117 cm³/mol. The van der Waals surface area contributed by atoms with Gasteiger partial charge < -0.3 is 14.8 Å². The zero-order valence-corrected chi connectivity index (χ0v) is 17.7. The number of aromatic nitrogens is 4. The lowest BCUT2D eigenvalue weighted by atomic mass is 10.2. The van der Waals surface area contributed by atoms with E-state index in [-0.39, 0.29) is 19.1 Å². The van der Waals surface area contributed by atoms with Crippen molar-refractivity contribution >= 4 is 34.8 Å². The molecule has 0 aliphatic rings. The summed E-state index contributed by atoms with van der Waals surface area (Å²) in [4.78, 5) is 11.9. The highest BCUT2D eigenvalue weighted by Crippen LogP contribution is 2.26. The van der Waals surface area contributed by atoms with Gasteiger partial charge in [0, 0.05) is 16.7 Å². The molecule has 0 bridgehead atoms. The van der Waals surface area contributed by atoms with E-state index in [4.69, 9.17) is 32.7 Å². The Hall–Kier alpha value is -3.36. The van der Waals surface area contributed by atoms with Crippen LogP contribution in [-0.2, 0) is 4.79 Å². The van der Waals surface area contributed by atoms with Gasteiger partial charge in [0.05, 0.1) is 11.6 Å². The fourth-order valence-electron chi connectivity index (χ4n) is 2.74. The Morgan fingerprint density at radius 2 is 1.77 bits per heavy atom. The summed E-state index contributed by atoms with van der Waals surface area (Å²) >= 11 is 12.1. The molecule has 31 heavy (non-hydrogen) atoms. The Balaban J connectivity index is 1.30. The number of carbonyl (C=O) groups excluding carboxylic acids is 1. The van der Waals surface area contributed by atoms with Crippen LogP contribution in [0.3, 0.4) is 0 Å². The van der Waals surface area contributed by atoms with Crippen LogP contribution in [0.25, 0.3) is 17.0 Å². The van der Waals surface area contributed by atoms with Crippen LogP contribution in [0.1, 0.15) is 0 Å². The average molecular weight is 458 g/mol. The fourth-order valence-corrected chi connectivity index (χ4v) is 3.08. The molecular formula is C21H17Cl2N5O3. The molecule has 0 atom stereocenters. The second kappa shape index (κ2) is 9.63. The lowest BCUT2D eigenvalue weighted by Crippen LogP contribution is -2.32. The molecule has 0 saturated heterocycles. The highest BCUT2D eigenvalue weighted by Gasteiger charge is 2.13. The number of nitrogens with zero attached hydrogens (tertiary/aromatic N) is 4. The molecule has 4 aromatic rings. The van der Waals surface area contributed by atoms with E-state index in [0.717, 1.165) is 0 Å². The Labute approximate surface area is 187 Å². The minimum Gasteiger partial charge on any atom is -0.484 e. The zero-order valence-electron chi connectivity index (χ0n) is 16.2. The van der Waals surface area contributed by atoms with Crippen molar-refractivity contribution in [2.75, 3.05) is 19.8 Å². The van der Waals surface area contributed by atoms with E-state index in [0.29, 0.717) is 45.3 Å². The van der Waals surface area contributed by atoms with Gasteiger partial charge in [-0.05, 0) is 42.5 Å². The zero-order chi connectivity index (χ0) is 21.6. The third kappa shape index (κ3) is 5.22. The van der Waals surface area contributed by atoms with Crippen LogP contribution in [0.2, 0.25) is 10.0 Å². The van der Waals surface area contributed by atoms with Crippen molar-refractivity contribution < 1.29 is 14.3 Å². The minimum atomic E-state index is -0.262. The molecular weight excluding hydrogens is 441 g/mol. The van der Waals surface area contributed by atoms with E-state index in [1.165, 1.54) is 0 Å². The van der Waals surface area contributed by atoms with E-state index < -0.39 is 0 Å². The molecule has 0 radical (unpaired) electrons. The van der Waals surface area contributed by atoms with E-state index in [1.807, 2.05) is 18.2 Å². The third-order valence-electron chi connectivity index (χ3n) is 4.21. The molecule has 8 nitrogen and oxygen atoms in total. The van der Waals surface area contributed by atoms with Crippen molar-refractivity contribution in [3.8, 4) is 23.0 Å². The van der Waals surface area contributed by atoms with Gasteiger partial charge in [0.1, 0.15) is 12.4 Å². The van der Waals surface area contributed by atoms with Crippen molar-refractivity contribution in [2.24, 2.45) is 0 Å². The highest BCUT2D eigenvalue weighted by atomic mass is 35.5. The number of hydrogen-bond donors (Lipinski definition) is 1. The number of carbonyl (C=O) groups is 1. The predicted octanol–water partition coefficient (Wildman–Crippen LogP) is 3.67. The van der Waals surface area contributed by atoms with Gasteiger partial charge in [-0.1, -0.05) is 35.3 Å². The van der Waals surface area contributed by atoms with Crippen molar-refractivity contribution in [1.29, 1.82) is 0 Å². The normalized spacial score (nSPS) is 10.8. The Morgan fingerprint density at radius 1 is 0.968 bits per heavy atom. The summed E-state index contributed by atoms with van der Waals surface area (Å²) in [5.74, 6) is 1.18. The molecule has 0 fully saturated rings. The molecule has 1 N–H and O–H groups in total. The van der Waals surface area contributed by atoms with Crippen molar-refractivity contribution in [3.05, 3.63) is 70.7 Å². The molecule has 0 spiro atoms. The lowest BCUT2D eigenvalue weighted by Gasteiger charge is -2.09. The number of fused-ring (bicyclic) bond motifs is 1. The quantitative estimate of drug-likeness (QED) is 0.406. The maximum Gasteiger partial charge on any atom is 0.258 e. The van der Waals surface area contributed by atoms with Gasteiger partial charge in [0.15, 0.2) is 18.1 Å². The molecule has 2 heterocycles. The second-order valence-electron chi connectivity index (χ2n) is 6.39. The summed E-state index contributed by atoms with van der Waals surface area (Å²) < 4.78 is 12.6. The number of nitrogens with one attached hydrogen (secondary N) is 1. The summed E-state index contributed by atoms with van der Waals surface area (Å²) in [5.41, 5.74) is 1.28. The molecule has 4 rings (SSSR count). The first-order valence-electron chi connectivity index (χ1n) is 9.35. The summed E-state index contributed by atoms with van der Waals surface area (Å²) in [5, 5.41) is 16.6. The molecule has 0 unspecified atom stereocenters. The van der Waals surface area contributed by atoms with Crippen molar-refractivity contribution in [1.82, 2.24) is 25.1 Å². The van der Waals surface area contributed by atoms with Gasteiger partial charge in [-0.2, -0.15) is 4.52 Å². The van der Waals surface area contributed by atoms with E-state index >= 15 is 0 Å². The third-order valence-corrected chi connectivity index (χ3v) is 4.79. The van der Waals surface area contributed by atoms with Crippen LogP contribution < -0.4 is 14.8 Å². The number of benzene rings is 2. The van der Waals surface area contributed by atoms with Crippen LogP contribution in [0.4, 0.5) is 0 Å². The topological polar surface area (TPSA) is 90.6 Å². The highest BCUT2D eigenvalue weighted by molar-refractivity contribution is 6.33. The van der Waals surface area contributed by atoms with E-state index in [9.17, 15) is 4.79 Å². The minimum absolute atomic E-state index is 0.103. The Kier molecular flexibility index (Phi) is 6.49. The largest absolute Gasteiger partial charge is 0.484 e. The SMILES string of the molecule is O=C(COc1ccc(Cl)cc1)NCCOc1ccc2nnc(-c3ccccc3Cl)n2n1. The monoisotopic (exact) mass is 457 g/mol. The smallest absolute Gasteiger partial charge is 0.258 e. The van der Waals surface area contributed by atoms with E-state index in [2.05, 4.69) is 20.6 Å². The lowest BCUT2D eigenvalue weighted by molar-refractivity contribution is -0.123. The summed E-state index contributed by atoms with van der Waals surface area (Å²) in [6, 6.07) is 17.5. The van der Waals surface area contributed by atoms with Crippen molar-refractivity contribution in [3.63, 3.8) is 0 Å². The average Bonchev–Trinajstić information content (AvgIpc) is 3.20. The molecule has 10 heteroatoms. The van der Waals surface area contributed by atoms with E-state index in [1.54, 1.807) is 47.0 Å². The van der Waals surface area contributed by atoms with Gasteiger partial charge in [-0.15, -0.1) is 15.3 Å². The van der Waals surface area contributed by atoms with Crippen LogP contribution in [0.15, 0.2) is 60.7 Å². The maximum absolute atomic E-state index is 11.9. The number of ether oxygens (including phenoxy) is 2.